The highest BCUT2D eigenvalue weighted by atomic mass is 35.5. The Morgan fingerprint density at radius 2 is 2.12 bits per heavy atom. The van der Waals surface area contributed by atoms with Crippen molar-refractivity contribution in [3.05, 3.63) is 29.0 Å². The maximum atomic E-state index is 9.42. The number of nitrogens with zero attached hydrogens (tertiary/aromatic N) is 1. The summed E-state index contributed by atoms with van der Waals surface area (Å²) in [5.74, 6) is 0.694. The lowest BCUT2D eigenvalue weighted by molar-refractivity contribution is 0.108. The Balaban J connectivity index is 1.71. The number of aliphatic hydroxyl groups is 1. The number of aliphatic hydroxyl groups excluding tert-OH is 1. The first-order valence-electron chi connectivity index (χ1n) is 6.23. The van der Waals surface area contributed by atoms with E-state index in [-0.39, 0.29) is 6.10 Å². The summed E-state index contributed by atoms with van der Waals surface area (Å²) in [5, 5.41) is 13.6. The maximum absolute atomic E-state index is 9.42. The standard InChI is InChI=1S/C13H19ClN2O/c14-13-9-15-6-5-11(13)8-16-7-10-1-3-12(17)4-2-10/h5-6,9-10,12,16-17H,1-4,7-8H2. The van der Waals surface area contributed by atoms with Crippen molar-refractivity contribution in [3.63, 3.8) is 0 Å². The summed E-state index contributed by atoms with van der Waals surface area (Å²) in [6.45, 7) is 1.80. The van der Waals surface area contributed by atoms with E-state index in [1.807, 2.05) is 6.07 Å². The Hall–Kier alpha value is -0.640. The van der Waals surface area contributed by atoms with Crippen LogP contribution in [0.5, 0.6) is 0 Å². The van der Waals surface area contributed by atoms with Crippen LogP contribution in [0.25, 0.3) is 0 Å². The van der Waals surface area contributed by atoms with Crippen LogP contribution in [-0.4, -0.2) is 22.7 Å². The van der Waals surface area contributed by atoms with Gasteiger partial charge in [0.15, 0.2) is 0 Å². The zero-order chi connectivity index (χ0) is 12.1. The summed E-state index contributed by atoms with van der Waals surface area (Å²) in [7, 11) is 0. The van der Waals surface area contributed by atoms with Crippen molar-refractivity contribution in [2.75, 3.05) is 6.54 Å². The van der Waals surface area contributed by atoms with Crippen LogP contribution in [0.15, 0.2) is 18.5 Å². The predicted molar refractivity (Wildman–Crippen MR) is 68.9 cm³/mol. The quantitative estimate of drug-likeness (QED) is 0.867. The van der Waals surface area contributed by atoms with Gasteiger partial charge in [-0.3, -0.25) is 4.98 Å². The van der Waals surface area contributed by atoms with Gasteiger partial charge in [-0.1, -0.05) is 11.6 Å². The van der Waals surface area contributed by atoms with Crippen molar-refractivity contribution in [1.82, 2.24) is 10.3 Å². The molecule has 1 aliphatic carbocycles. The van der Waals surface area contributed by atoms with Crippen molar-refractivity contribution in [2.24, 2.45) is 5.92 Å². The fourth-order valence-electron chi connectivity index (χ4n) is 2.31. The van der Waals surface area contributed by atoms with E-state index < -0.39 is 0 Å². The van der Waals surface area contributed by atoms with Gasteiger partial charge in [-0.05, 0) is 49.8 Å². The fraction of sp³-hybridized carbons (Fsp3) is 0.615. The van der Waals surface area contributed by atoms with E-state index in [0.29, 0.717) is 5.92 Å². The van der Waals surface area contributed by atoms with Gasteiger partial charge in [-0.15, -0.1) is 0 Å². The average molecular weight is 255 g/mol. The number of rotatable bonds is 4. The molecule has 0 unspecified atom stereocenters. The number of nitrogens with one attached hydrogen (secondary N) is 1. The van der Waals surface area contributed by atoms with Gasteiger partial charge < -0.3 is 10.4 Å². The fourth-order valence-corrected chi connectivity index (χ4v) is 2.49. The number of hydrogen-bond acceptors (Lipinski definition) is 3. The van der Waals surface area contributed by atoms with Crippen molar-refractivity contribution in [2.45, 2.75) is 38.3 Å². The van der Waals surface area contributed by atoms with Gasteiger partial charge >= 0.3 is 0 Å². The van der Waals surface area contributed by atoms with Gasteiger partial charge in [-0.25, -0.2) is 0 Å². The zero-order valence-corrected chi connectivity index (χ0v) is 10.7. The Labute approximate surface area is 107 Å². The van der Waals surface area contributed by atoms with Crippen molar-refractivity contribution >= 4 is 11.6 Å². The highest BCUT2D eigenvalue weighted by Gasteiger charge is 2.18. The number of halogens is 1. The molecule has 0 bridgehead atoms. The largest absolute Gasteiger partial charge is 0.393 e. The van der Waals surface area contributed by atoms with Gasteiger partial charge in [0.25, 0.3) is 0 Å². The highest BCUT2D eigenvalue weighted by Crippen LogP contribution is 2.23. The topological polar surface area (TPSA) is 45.1 Å². The van der Waals surface area contributed by atoms with Crippen LogP contribution in [0.1, 0.15) is 31.2 Å². The molecule has 2 N–H and O–H groups in total. The van der Waals surface area contributed by atoms with Crippen molar-refractivity contribution < 1.29 is 5.11 Å². The van der Waals surface area contributed by atoms with E-state index in [1.165, 1.54) is 0 Å². The summed E-state index contributed by atoms with van der Waals surface area (Å²) in [6.07, 6.45) is 7.51. The highest BCUT2D eigenvalue weighted by molar-refractivity contribution is 6.31. The van der Waals surface area contributed by atoms with E-state index in [0.717, 1.165) is 49.4 Å². The normalized spacial score (nSPS) is 24.8. The summed E-state index contributed by atoms with van der Waals surface area (Å²) in [6, 6.07) is 1.94. The molecule has 1 heterocycles. The summed E-state index contributed by atoms with van der Waals surface area (Å²) in [4.78, 5) is 3.96. The van der Waals surface area contributed by atoms with Gasteiger partial charge in [0.05, 0.1) is 11.1 Å². The molecule has 94 valence electrons. The van der Waals surface area contributed by atoms with Crippen LogP contribution in [0.2, 0.25) is 5.02 Å². The SMILES string of the molecule is OC1CCC(CNCc2ccncc2Cl)CC1. The first-order valence-corrected chi connectivity index (χ1v) is 6.60. The molecular weight excluding hydrogens is 236 g/mol. The van der Waals surface area contributed by atoms with Crippen LogP contribution in [0.4, 0.5) is 0 Å². The lowest BCUT2D eigenvalue weighted by atomic mass is 9.87. The van der Waals surface area contributed by atoms with Gasteiger partial charge in [0, 0.05) is 18.9 Å². The minimum absolute atomic E-state index is 0.0686. The maximum Gasteiger partial charge on any atom is 0.0634 e. The van der Waals surface area contributed by atoms with E-state index in [1.54, 1.807) is 12.4 Å². The number of hydrogen-bond donors (Lipinski definition) is 2. The Kier molecular flexibility index (Phi) is 4.77. The van der Waals surface area contributed by atoms with E-state index in [9.17, 15) is 5.11 Å². The second kappa shape index (κ2) is 6.34. The van der Waals surface area contributed by atoms with Crippen LogP contribution < -0.4 is 5.32 Å². The van der Waals surface area contributed by atoms with E-state index in [2.05, 4.69) is 10.3 Å². The summed E-state index contributed by atoms with van der Waals surface area (Å²) in [5.41, 5.74) is 1.09. The molecule has 1 saturated carbocycles. The molecule has 3 nitrogen and oxygen atoms in total. The molecule has 0 atom stereocenters. The molecule has 4 heteroatoms. The van der Waals surface area contributed by atoms with Crippen molar-refractivity contribution in [3.8, 4) is 0 Å². The van der Waals surface area contributed by atoms with Crippen molar-refractivity contribution in [1.29, 1.82) is 0 Å². The molecule has 1 aromatic heterocycles. The minimum atomic E-state index is -0.0686. The third-order valence-electron chi connectivity index (χ3n) is 3.42. The minimum Gasteiger partial charge on any atom is -0.393 e. The number of aromatic nitrogens is 1. The molecule has 0 spiro atoms. The van der Waals surface area contributed by atoms with Gasteiger partial charge in [0.1, 0.15) is 0 Å². The van der Waals surface area contributed by atoms with Crippen LogP contribution in [0, 0.1) is 5.92 Å². The van der Waals surface area contributed by atoms with Crippen LogP contribution in [0.3, 0.4) is 0 Å². The molecule has 1 fully saturated rings. The molecule has 0 saturated heterocycles. The monoisotopic (exact) mass is 254 g/mol. The Bertz CT molecular complexity index is 351. The molecular formula is C13H19ClN2O. The zero-order valence-electron chi connectivity index (χ0n) is 9.90. The van der Waals surface area contributed by atoms with Crippen LogP contribution in [-0.2, 0) is 6.54 Å². The van der Waals surface area contributed by atoms with Gasteiger partial charge in [-0.2, -0.15) is 0 Å². The lowest BCUT2D eigenvalue weighted by Gasteiger charge is -2.25. The molecule has 0 amide bonds. The van der Waals surface area contributed by atoms with Crippen LogP contribution >= 0.6 is 11.6 Å². The van der Waals surface area contributed by atoms with E-state index in [4.69, 9.17) is 11.6 Å². The molecule has 0 aliphatic heterocycles. The molecule has 1 aliphatic rings. The third kappa shape index (κ3) is 3.95. The molecule has 17 heavy (non-hydrogen) atoms. The molecule has 0 radical (unpaired) electrons. The molecule has 1 aromatic rings. The average Bonchev–Trinajstić information content (AvgIpc) is 2.34. The Morgan fingerprint density at radius 3 is 2.82 bits per heavy atom. The Morgan fingerprint density at radius 1 is 1.35 bits per heavy atom. The summed E-state index contributed by atoms with van der Waals surface area (Å²) < 4.78 is 0. The first kappa shape index (κ1) is 12.8. The smallest absolute Gasteiger partial charge is 0.0634 e. The molecule has 2 rings (SSSR count). The van der Waals surface area contributed by atoms with Gasteiger partial charge in [0.2, 0.25) is 0 Å². The summed E-state index contributed by atoms with van der Waals surface area (Å²) >= 11 is 6.03. The third-order valence-corrected chi connectivity index (χ3v) is 3.76. The second-order valence-electron chi connectivity index (χ2n) is 4.77. The second-order valence-corrected chi connectivity index (χ2v) is 5.18. The first-order chi connectivity index (χ1) is 8.25. The van der Waals surface area contributed by atoms with E-state index >= 15 is 0 Å². The molecule has 0 aromatic carbocycles. The predicted octanol–water partition coefficient (Wildman–Crippen LogP) is 2.38. The number of pyridine rings is 1. The lowest BCUT2D eigenvalue weighted by Crippen LogP contribution is -2.27.